The van der Waals surface area contributed by atoms with Crippen LogP contribution in [0.4, 0.5) is 0 Å². The minimum absolute atomic E-state index is 0.0308. The lowest BCUT2D eigenvalue weighted by atomic mass is 9.68. The van der Waals surface area contributed by atoms with Crippen LogP contribution in [-0.2, 0) is 19.1 Å². The minimum Gasteiger partial charge on any atom is -0.378 e. The van der Waals surface area contributed by atoms with Crippen molar-refractivity contribution in [3.8, 4) is 0 Å². The normalized spacial score (nSPS) is 35.3. The van der Waals surface area contributed by atoms with Crippen molar-refractivity contribution in [3.63, 3.8) is 0 Å². The first-order chi connectivity index (χ1) is 17.0. The van der Waals surface area contributed by atoms with Crippen LogP contribution in [-0.4, -0.2) is 75.6 Å². The lowest BCUT2D eigenvalue weighted by Gasteiger charge is -2.42. The van der Waals surface area contributed by atoms with Crippen molar-refractivity contribution in [1.29, 1.82) is 0 Å². The number of carbonyl (C=O) groups excluding carboxylic acids is 3. The van der Waals surface area contributed by atoms with E-state index in [-0.39, 0.29) is 69.9 Å². The molecule has 2 saturated carbocycles. The number of morpholine rings is 1. The van der Waals surface area contributed by atoms with E-state index in [1.54, 1.807) is 22.9 Å². The number of thioether (sulfide) groups is 1. The Bertz CT molecular complexity index is 1270. The fraction of sp³-hybridized carbons (Fsp3) is 0.542. The summed E-state index contributed by atoms with van der Waals surface area (Å²) in [7, 11) is 0. The van der Waals surface area contributed by atoms with Crippen molar-refractivity contribution in [3.05, 3.63) is 44.6 Å². The molecule has 0 unspecified atom stereocenters. The number of likely N-dealkylation sites (tertiary alicyclic amines) is 1. The Kier molecular flexibility index (Phi) is 4.98. The monoisotopic (exact) mass is 512 g/mol. The number of pyridine rings is 1. The number of hydrogen-bond donors (Lipinski definition) is 1. The molecule has 3 amide bonds. The van der Waals surface area contributed by atoms with Gasteiger partial charge in [0.1, 0.15) is 6.54 Å². The predicted molar refractivity (Wildman–Crippen MR) is 127 cm³/mol. The maximum Gasteiger partial charge on any atom is 0.305 e. The lowest BCUT2D eigenvalue weighted by Crippen LogP contribution is -2.47. The van der Waals surface area contributed by atoms with Gasteiger partial charge in [-0.2, -0.15) is 0 Å². The number of imide groups is 1. The van der Waals surface area contributed by atoms with E-state index >= 15 is 0 Å². The molecule has 5 heterocycles. The van der Waals surface area contributed by atoms with E-state index in [0.717, 1.165) is 21.9 Å². The first-order valence-corrected chi connectivity index (χ1v) is 13.7. The summed E-state index contributed by atoms with van der Waals surface area (Å²) >= 11 is 2.90. The van der Waals surface area contributed by atoms with E-state index in [1.807, 2.05) is 18.3 Å². The van der Waals surface area contributed by atoms with Crippen molar-refractivity contribution < 1.29 is 19.1 Å². The highest BCUT2D eigenvalue weighted by atomic mass is 32.2. The summed E-state index contributed by atoms with van der Waals surface area (Å²) in [5.74, 6) is -1.15. The Hall–Kier alpha value is -2.50. The van der Waals surface area contributed by atoms with E-state index in [9.17, 15) is 19.2 Å². The molecule has 2 aromatic rings. The Balaban J connectivity index is 1.22. The summed E-state index contributed by atoms with van der Waals surface area (Å²) in [6.07, 6.45) is 4.42. The number of aromatic nitrogens is 2. The van der Waals surface area contributed by atoms with Gasteiger partial charge in [0.05, 0.1) is 30.1 Å². The number of thiazole rings is 1. The smallest absolute Gasteiger partial charge is 0.305 e. The first kappa shape index (κ1) is 21.8. The molecule has 2 aromatic heterocycles. The predicted octanol–water partition coefficient (Wildman–Crippen LogP) is 1.16. The topological polar surface area (TPSA) is 113 Å². The third kappa shape index (κ3) is 3.14. The van der Waals surface area contributed by atoms with Gasteiger partial charge in [0.25, 0.3) is 0 Å². The second-order valence-electron chi connectivity index (χ2n) is 10.0. The molecule has 0 aromatic carbocycles. The van der Waals surface area contributed by atoms with Gasteiger partial charge >= 0.3 is 4.87 Å². The maximum absolute atomic E-state index is 13.6. The van der Waals surface area contributed by atoms with Crippen LogP contribution < -0.4 is 4.87 Å². The average molecular weight is 513 g/mol. The number of carbonyl (C=O) groups is 3. The molecule has 5 aliphatic rings. The number of nitrogens with zero attached hydrogens (tertiary/aromatic N) is 3. The molecule has 0 spiro atoms. The van der Waals surface area contributed by atoms with Crippen LogP contribution >= 0.6 is 23.1 Å². The number of H-pyrrole nitrogens is 1. The maximum atomic E-state index is 13.6. The zero-order valence-corrected chi connectivity index (χ0v) is 20.4. The second-order valence-corrected chi connectivity index (χ2v) is 12.2. The van der Waals surface area contributed by atoms with Crippen LogP contribution in [0.1, 0.15) is 22.8 Å². The summed E-state index contributed by atoms with van der Waals surface area (Å²) in [5, 5.41) is 1.02. The highest BCUT2D eigenvalue weighted by molar-refractivity contribution is 8.00. The number of fused-ring (bicyclic) bond motifs is 9. The average Bonchev–Trinajstić information content (AvgIpc) is 3.61. The molecule has 11 heteroatoms. The zero-order valence-electron chi connectivity index (χ0n) is 18.8. The van der Waals surface area contributed by atoms with Crippen LogP contribution in [0.15, 0.2) is 34.3 Å². The molecule has 7 rings (SSSR count). The van der Waals surface area contributed by atoms with Gasteiger partial charge in [-0.25, -0.2) is 0 Å². The molecule has 9 nitrogen and oxygen atoms in total. The molecular weight excluding hydrogens is 488 g/mol. The second kappa shape index (κ2) is 8.01. The molecule has 2 aliphatic carbocycles. The lowest BCUT2D eigenvalue weighted by molar-refractivity contribution is -0.148. The van der Waals surface area contributed by atoms with Crippen LogP contribution in [0.5, 0.6) is 0 Å². The molecular formula is C24H24N4O5S2. The van der Waals surface area contributed by atoms with Gasteiger partial charge < -0.3 is 14.6 Å². The molecule has 4 fully saturated rings. The van der Waals surface area contributed by atoms with E-state index in [1.165, 1.54) is 16.2 Å². The van der Waals surface area contributed by atoms with Crippen LogP contribution in [0.3, 0.4) is 0 Å². The third-order valence-electron chi connectivity index (χ3n) is 8.52. The van der Waals surface area contributed by atoms with Crippen LogP contribution in [0, 0.1) is 29.6 Å². The number of aromatic amines is 1. The quantitative estimate of drug-likeness (QED) is 0.614. The molecule has 35 heavy (non-hydrogen) atoms. The van der Waals surface area contributed by atoms with Crippen LogP contribution in [0.2, 0.25) is 0 Å². The highest BCUT2D eigenvalue weighted by Gasteiger charge is 2.69. The molecule has 2 bridgehead atoms. The summed E-state index contributed by atoms with van der Waals surface area (Å²) in [4.78, 5) is 63.4. The van der Waals surface area contributed by atoms with E-state index in [4.69, 9.17) is 4.74 Å². The number of amides is 3. The van der Waals surface area contributed by atoms with Crippen molar-refractivity contribution >= 4 is 40.8 Å². The van der Waals surface area contributed by atoms with Crippen molar-refractivity contribution in [2.45, 2.75) is 22.6 Å². The number of rotatable bonds is 3. The molecule has 1 N–H and O–H groups in total. The molecule has 2 saturated heterocycles. The highest BCUT2D eigenvalue weighted by Crippen LogP contribution is 2.68. The Morgan fingerprint density at radius 2 is 1.91 bits per heavy atom. The molecule has 0 radical (unpaired) electrons. The van der Waals surface area contributed by atoms with Crippen molar-refractivity contribution in [2.75, 3.05) is 32.8 Å². The summed E-state index contributed by atoms with van der Waals surface area (Å²) in [5.41, 5.74) is 1.04. The SMILES string of the molecule is O=C(CN1C(=O)[C@@H]2[C@H]3C[C@@H]([C@@H]2C1=O)[C@@H]1[C@H](c2cccnc2)c2sc(=O)[nH]c2S[C@@H]31)N1CCOCC1. The van der Waals surface area contributed by atoms with Gasteiger partial charge in [-0.05, 0) is 35.8 Å². The summed E-state index contributed by atoms with van der Waals surface area (Å²) < 4.78 is 5.32. The third-order valence-corrected chi connectivity index (χ3v) is 11.1. The van der Waals surface area contributed by atoms with Gasteiger partial charge in [0, 0.05) is 41.5 Å². The number of ether oxygens (including phenoxy) is 1. The fourth-order valence-electron chi connectivity index (χ4n) is 7.22. The summed E-state index contributed by atoms with van der Waals surface area (Å²) in [6.45, 7) is 1.75. The van der Waals surface area contributed by atoms with Crippen molar-refractivity contribution in [2.24, 2.45) is 29.6 Å². The Morgan fingerprint density at radius 1 is 1.14 bits per heavy atom. The van der Waals surface area contributed by atoms with Crippen molar-refractivity contribution in [1.82, 2.24) is 19.8 Å². The first-order valence-electron chi connectivity index (χ1n) is 12.0. The molecule has 7 atom stereocenters. The van der Waals surface area contributed by atoms with Gasteiger partial charge in [-0.3, -0.25) is 29.1 Å². The van der Waals surface area contributed by atoms with Crippen LogP contribution in [0.25, 0.3) is 0 Å². The summed E-state index contributed by atoms with van der Waals surface area (Å²) in [6, 6.07) is 3.94. The fourth-order valence-corrected chi connectivity index (χ4v) is 10.1. The van der Waals surface area contributed by atoms with Gasteiger partial charge in [0.2, 0.25) is 17.7 Å². The van der Waals surface area contributed by atoms with Gasteiger partial charge in [-0.15, -0.1) is 11.8 Å². The van der Waals surface area contributed by atoms with Gasteiger partial charge in [0.15, 0.2) is 0 Å². The number of nitrogens with one attached hydrogen (secondary N) is 1. The minimum atomic E-state index is -0.386. The van der Waals surface area contributed by atoms with E-state index in [2.05, 4.69) is 9.97 Å². The largest absolute Gasteiger partial charge is 0.378 e. The standard InChI is InChI=1S/C24H24N4O5S2/c29-14(27-4-6-33-7-5-27)10-28-22(30)17-12-8-13(18(17)23(28)31)19-16(12)15(11-2-1-3-25-9-11)20-21(34-19)26-24(32)35-20/h1-3,9,12-13,15-19H,4-8,10H2,(H,26,32)/t12-,13-,15+,16-,17+,18-,19+/m1/s1. The van der Waals surface area contributed by atoms with E-state index < -0.39 is 0 Å². The van der Waals surface area contributed by atoms with E-state index in [0.29, 0.717) is 26.3 Å². The Morgan fingerprint density at radius 3 is 2.66 bits per heavy atom. The number of hydrogen-bond acceptors (Lipinski definition) is 8. The molecule has 182 valence electrons. The van der Waals surface area contributed by atoms with Gasteiger partial charge in [-0.1, -0.05) is 17.4 Å². The molecule has 3 aliphatic heterocycles. The Labute approximate surface area is 209 Å². The zero-order chi connectivity index (χ0) is 23.8.